The van der Waals surface area contributed by atoms with Crippen LogP contribution in [0.4, 0.5) is 15.5 Å². The largest absolute Gasteiger partial charge is 0.450 e. The van der Waals surface area contributed by atoms with Crippen molar-refractivity contribution in [3.05, 3.63) is 36.9 Å². The van der Waals surface area contributed by atoms with Crippen LogP contribution in [0.25, 0.3) is 11.0 Å². The predicted octanol–water partition coefficient (Wildman–Crippen LogP) is 2.61. The predicted molar refractivity (Wildman–Crippen MR) is 94.6 cm³/mol. The van der Waals surface area contributed by atoms with Crippen molar-refractivity contribution < 1.29 is 24.0 Å². The summed E-state index contributed by atoms with van der Waals surface area (Å²) < 4.78 is 5.78. The molecule has 1 heterocycles. The van der Waals surface area contributed by atoms with Gasteiger partial charge in [-0.3, -0.25) is 0 Å². The van der Waals surface area contributed by atoms with Crippen molar-refractivity contribution in [3.63, 3.8) is 0 Å². The van der Waals surface area contributed by atoms with Crippen LogP contribution in [0.5, 0.6) is 0 Å². The number of rotatable bonds is 5. The van der Waals surface area contributed by atoms with Crippen LogP contribution in [0.2, 0.25) is 0 Å². The molecule has 0 unspecified atom stereocenters. The molecule has 0 saturated heterocycles. The fourth-order valence-electron chi connectivity index (χ4n) is 2.17. The Morgan fingerprint density at radius 3 is 2.73 bits per heavy atom. The summed E-state index contributed by atoms with van der Waals surface area (Å²) in [6, 6.07) is 6.28. The number of methoxy groups -OCH3 is 1. The molecule has 0 bridgehead atoms. The van der Waals surface area contributed by atoms with Crippen LogP contribution >= 0.6 is 0 Å². The maximum Gasteiger partial charge on any atom is 0.450 e. The summed E-state index contributed by atoms with van der Waals surface area (Å²) in [5, 5.41) is 3.26. The molecule has 1 aromatic carbocycles. The monoisotopic (exact) mass is 360 g/mol. The lowest BCUT2D eigenvalue weighted by Crippen LogP contribution is -2.38. The Balaban J connectivity index is 2.53. The summed E-state index contributed by atoms with van der Waals surface area (Å²) in [5.74, 6) is -1.11. The van der Waals surface area contributed by atoms with Crippen LogP contribution in [0, 0.1) is 0 Å². The molecule has 0 aliphatic carbocycles. The SMILES string of the molecule is C=CC(=O)ON(C(=O)OC)c1nc2ccccc2n1C(=O)NCCCC. The molecule has 0 aliphatic heterocycles. The smallest absolute Gasteiger partial charge is 0.450 e. The van der Waals surface area contributed by atoms with E-state index in [2.05, 4.69) is 21.6 Å². The van der Waals surface area contributed by atoms with Crippen molar-refractivity contribution in [1.82, 2.24) is 14.9 Å². The number of para-hydroxylation sites is 2. The molecule has 0 spiro atoms. The molecule has 0 saturated carbocycles. The molecule has 9 heteroatoms. The van der Waals surface area contributed by atoms with E-state index < -0.39 is 18.1 Å². The minimum Gasteiger partial charge on any atom is -0.450 e. The highest BCUT2D eigenvalue weighted by Crippen LogP contribution is 2.23. The first kappa shape index (κ1) is 19.0. The summed E-state index contributed by atoms with van der Waals surface area (Å²) in [6.07, 6.45) is 1.56. The van der Waals surface area contributed by atoms with E-state index in [-0.39, 0.29) is 5.95 Å². The number of fused-ring (bicyclic) bond motifs is 1. The first-order valence-electron chi connectivity index (χ1n) is 8.01. The fourth-order valence-corrected chi connectivity index (χ4v) is 2.17. The Morgan fingerprint density at radius 2 is 2.08 bits per heavy atom. The van der Waals surface area contributed by atoms with Gasteiger partial charge in [0.05, 0.1) is 18.1 Å². The molecule has 138 valence electrons. The lowest BCUT2D eigenvalue weighted by atomic mass is 10.3. The third kappa shape index (κ3) is 4.00. The number of hydrogen-bond donors (Lipinski definition) is 1. The number of imidazole rings is 1. The van der Waals surface area contributed by atoms with Crippen molar-refractivity contribution in [1.29, 1.82) is 0 Å². The number of aromatic nitrogens is 2. The highest BCUT2D eigenvalue weighted by molar-refractivity contribution is 5.97. The average Bonchev–Trinajstić information content (AvgIpc) is 3.04. The third-order valence-corrected chi connectivity index (χ3v) is 3.42. The Morgan fingerprint density at radius 1 is 1.35 bits per heavy atom. The molecular formula is C17H20N4O5. The Bertz CT molecular complexity index is 830. The van der Waals surface area contributed by atoms with Gasteiger partial charge < -0.3 is 14.9 Å². The number of benzene rings is 1. The van der Waals surface area contributed by atoms with E-state index >= 15 is 0 Å². The number of anilines is 1. The molecule has 0 aliphatic rings. The standard InChI is InChI=1S/C17H20N4O5/c1-4-6-11-18-16(23)20-13-10-8-7-9-12(13)19-15(20)21(17(24)25-3)26-14(22)5-2/h5,7-10H,2,4,6,11H2,1,3H3,(H,18,23). The summed E-state index contributed by atoms with van der Waals surface area (Å²) in [6.45, 7) is 5.73. The molecule has 9 nitrogen and oxygen atoms in total. The van der Waals surface area contributed by atoms with Gasteiger partial charge in [0.15, 0.2) is 0 Å². The van der Waals surface area contributed by atoms with Gasteiger partial charge in [-0.15, -0.1) is 0 Å². The minimum absolute atomic E-state index is 0.206. The number of amides is 2. The van der Waals surface area contributed by atoms with E-state index in [9.17, 15) is 14.4 Å². The van der Waals surface area contributed by atoms with Crippen molar-refractivity contribution >= 4 is 35.1 Å². The van der Waals surface area contributed by atoms with Crippen LogP contribution in [-0.2, 0) is 14.4 Å². The van der Waals surface area contributed by atoms with Gasteiger partial charge in [0, 0.05) is 12.6 Å². The van der Waals surface area contributed by atoms with Gasteiger partial charge in [0.2, 0.25) is 0 Å². The number of hydrogen-bond acceptors (Lipinski definition) is 6. The molecule has 2 amide bonds. The molecular weight excluding hydrogens is 340 g/mol. The zero-order valence-corrected chi connectivity index (χ0v) is 14.6. The first-order chi connectivity index (χ1) is 12.5. The van der Waals surface area contributed by atoms with Crippen molar-refractivity contribution in [2.75, 3.05) is 18.7 Å². The number of nitrogens with zero attached hydrogens (tertiary/aromatic N) is 3. The van der Waals surface area contributed by atoms with Crippen molar-refractivity contribution in [3.8, 4) is 0 Å². The Labute approximate surface area is 150 Å². The van der Waals surface area contributed by atoms with Gasteiger partial charge in [-0.25, -0.2) is 23.9 Å². The molecule has 1 N–H and O–H groups in total. The molecule has 0 radical (unpaired) electrons. The summed E-state index contributed by atoms with van der Waals surface area (Å²) in [5.41, 5.74) is 0.886. The third-order valence-electron chi connectivity index (χ3n) is 3.42. The number of hydroxylamine groups is 1. The molecule has 0 atom stereocenters. The molecule has 2 rings (SSSR count). The number of ether oxygens (including phenoxy) is 1. The minimum atomic E-state index is -1.02. The Hall–Kier alpha value is -3.36. The van der Waals surface area contributed by atoms with Crippen LogP contribution in [0.3, 0.4) is 0 Å². The van der Waals surface area contributed by atoms with Crippen LogP contribution < -0.4 is 10.4 Å². The second-order valence-corrected chi connectivity index (χ2v) is 5.20. The fraction of sp³-hybridized carbons (Fsp3) is 0.294. The summed E-state index contributed by atoms with van der Waals surface area (Å²) in [7, 11) is 1.12. The quantitative estimate of drug-likeness (QED) is 0.499. The number of carbonyl (C=O) groups is 3. The zero-order chi connectivity index (χ0) is 19.1. The van der Waals surface area contributed by atoms with E-state index in [1.165, 1.54) is 0 Å². The van der Waals surface area contributed by atoms with Gasteiger partial charge in [-0.2, -0.15) is 0 Å². The topological polar surface area (TPSA) is 103 Å². The summed E-state index contributed by atoms with van der Waals surface area (Å²) >= 11 is 0. The van der Waals surface area contributed by atoms with Gasteiger partial charge >= 0.3 is 18.1 Å². The second-order valence-electron chi connectivity index (χ2n) is 5.20. The molecule has 2 aromatic rings. The van der Waals surface area contributed by atoms with Gasteiger partial charge in [0.1, 0.15) is 0 Å². The lowest BCUT2D eigenvalue weighted by molar-refractivity contribution is -0.138. The van der Waals surface area contributed by atoms with Crippen LogP contribution in [-0.4, -0.2) is 41.3 Å². The van der Waals surface area contributed by atoms with Gasteiger partial charge in [-0.05, 0) is 18.6 Å². The highest BCUT2D eigenvalue weighted by atomic mass is 16.8. The van der Waals surface area contributed by atoms with E-state index in [1.54, 1.807) is 24.3 Å². The number of nitrogens with one attached hydrogen (secondary N) is 1. The number of carbonyl (C=O) groups excluding carboxylic acids is 3. The second kappa shape index (κ2) is 8.65. The first-order valence-corrected chi connectivity index (χ1v) is 8.01. The molecule has 1 aromatic heterocycles. The maximum absolute atomic E-state index is 12.7. The van der Waals surface area contributed by atoms with Gasteiger partial charge in [-0.1, -0.05) is 37.1 Å². The molecule has 0 fully saturated rings. The normalized spacial score (nSPS) is 10.2. The van der Waals surface area contributed by atoms with E-state index in [1.807, 2.05) is 6.92 Å². The average molecular weight is 360 g/mol. The summed E-state index contributed by atoms with van der Waals surface area (Å²) in [4.78, 5) is 45.5. The molecule has 26 heavy (non-hydrogen) atoms. The van der Waals surface area contributed by atoms with Crippen molar-refractivity contribution in [2.45, 2.75) is 19.8 Å². The van der Waals surface area contributed by atoms with E-state index in [0.29, 0.717) is 22.6 Å². The zero-order valence-electron chi connectivity index (χ0n) is 14.6. The van der Waals surface area contributed by atoms with Crippen LogP contribution in [0.1, 0.15) is 19.8 Å². The van der Waals surface area contributed by atoms with E-state index in [0.717, 1.165) is 30.6 Å². The lowest BCUT2D eigenvalue weighted by Gasteiger charge is -2.18. The van der Waals surface area contributed by atoms with E-state index in [4.69, 9.17) is 4.84 Å². The van der Waals surface area contributed by atoms with Crippen LogP contribution in [0.15, 0.2) is 36.9 Å². The highest BCUT2D eigenvalue weighted by Gasteiger charge is 2.29. The van der Waals surface area contributed by atoms with Gasteiger partial charge in [0.25, 0.3) is 5.95 Å². The maximum atomic E-state index is 12.7. The Kier molecular flexibility index (Phi) is 6.31. The van der Waals surface area contributed by atoms with Crippen molar-refractivity contribution in [2.24, 2.45) is 0 Å². The number of unbranched alkanes of at least 4 members (excludes halogenated alkanes) is 1.